The van der Waals surface area contributed by atoms with Crippen LogP contribution in [0.15, 0.2) is 0 Å². The number of carbonyl (C=O) groups excluding carboxylic acids is 1. The monoisotopic (exact) mass is 296 g/mol. The van der Waals surface area contributed by atoms with Crippen LogP contribution in [0.4, 0.5) is 4.79 Å². The van der Waals surface area contributed by atoms with Crippen LogP contribution in [0.1, 0.15) is 51.4 Å². The molecule has 1 aliphatic heterocycles. The molecule has 1 saturated heterocycles. The maximum atomic E-state index is 12.2. The highest BCUT2D eigenvalue weighted by Crippen LogP contribution is 2.38. The minimum atomic E-state index is -1.09. The highest BCUT2D eigenvalue weighted by atomic mass is 16.5. The number of aliphatic carboxylic acids is 1. The van der Waals surface area contributed by atoms with Gasteiger partial charge in [0.05, 0.1) is 12.1 Å². The molecule has 0 aromatic heterocycles. The molecule has 0 aromatic rings. The molecule has 21 heavy (non-hydrogen) atoms. The number of hydrogen-bond donors (Lipinski definition) is 3. The predicted octanol–water partition coefficient (Wildman–Crippen LogP) is 1.64. The summed E-state index contributed by atoms with van der Waals surface area (Å²) in [6, 6.07) is -0.340. The van der Waals surface area contributed by atoms with E-state index in [0.29, 0.717) is 25.4 Å². The second-order valence-electron chi connectivity index (χ2n) is 6.61. The van der Waals surface area contributed by atoms with E-state index < -0.39 is 11.5 Å². The number of ether oxygens (including phenoxy) is 1. The lowest BCUT2D eigenvalue weighted by Crippen LogP contribution is -2.59. The first-order chi connectivity index (χ1) is 10.1. The van der Waals surface area contributed by atoms with Crippen LogP contribution in [0.25, 0.3) is 0 Å². The van der Waals surface area contributed by atoms with E-state index in [9.17, 15) is 14.7 Å². The zero-order chi connectivity index (χ0) is 14.9. The fraction of sp³-hybridized carbons (Fsp3) is 0.867. The fourth-order valence-electron chi connectivity index (χ4n) is 3.62. The second kappa shape index (κ2) is 5.83. The molecule has 2 amide bonds. The molecule has 6 heteroatoms. The summed E-state index contributed by atoms with van der Waals surface area (Å²) in [5.74, 6) is -0.348. The first kappa shape index (κ1) is 14.6. The Balaban J connectivity index is 1.58. The maximum Gasteiger partial charge on any atom is 0.329 e. The Morgan fingerprint density at radius 1 is 1.10 bits per heavy atom. The molecule has 6 nitrogen and oxygen atoms in total. The van der Waals surface area contributed by atoms with Gasteiger partial charge < -0.3 is 20.5 Å². The summed E-state index contributed by atoms with van der Waals surface area (Å²) in [6.07, 6.45) is 7.04. The van der Waals surface area contributed by atoms with Crippen molar-refractivity contribution in [2.24, 2.45) is 5.92 Å². The lowest BCUT2D eigenvalue weighted by Gasteiger charge is -2.34. The summed E-state index contributed by atoms with van der Waals surface area (Å²) >= 11 is 0. The minimum absolute atomic E-state index is 0.0203. The summed E-state index contributed by atoms with van der Waals surface area (Å²) < 4.78 is 5.69. The lowest BCUT2D eigenvalue weighted by molar-refractivity contribution is -0.145. The third-order valence-corrected chi connectivity index (χ3v) is 5.01. The summed E-state index contributed by atoms with van der Waals surface area (Å²) in [5, 5.41) is 15.2. The molecule has 0 spiro atoms. The van der Waals surface area contributed by atoms with E-state index in [0.717, 1.165) is 25.7 Å². The van der Waals surface area contributed by atoms with Gasteiger partial charge in [-0.2, -0.15) is 0 Å². The van der Waals surface area contributed by atoms with E-state index in [1.165, 1.54) is 12.8 Å². The van der Waals surface area contributed by atoms with Gasteiger partial charge in [-0.1, -0.05) is 19.3 Å². The van der Waals surface area contributed by atoms with Crippen molar-refractivity contribution in [3.8, 4) is 0 Å². The standard InChI is InChI=1S/C15H24N2O4/c18-13(19)15(7-2-1-3-8-15)17-14(20)16-11-6-9-21-12(11)10-4-5-10/h10-12H,1-9H2,(H,18,19)(H2,16,17,20). The number of hydrogen-bond acceptors (Lipinski definition) is 3. The summed E-state index contributed by atoms with van der Waals surface area (Å²) in [6.45, 7) is 0.677. The van der Waals surface area contributed by atoms with Gasteiger partial charge >= 0.3 is 12.0 Å². The number of urea groups is 1. The van der Waals surface area contributed by atoms with Gasteiger partial charge in [-0.15, -0.1) is 0 Å². The topological polar surface area (TPSA) is 87.7 Å². The van der Waals surface area contributed by atoms with E-state index in [1.807, 2.05) is 0 Å². The van der Waals surface area contributed by atoms with Crippen LogP contribution in [-0.2, 0) is 9.53 Å². The maximum absolute atomic E-state index is 12.2. The van der Waals surface area contributed by atoms with Crippen LogP contribution >= 0.6 is 0 Å². The fourth-order valence-corrected chi connectivity index (χ4v) is 3.62. The Bertz CT molecular complexity index is 416. The van der Waals surface area contributed by atoms with Gasteiger partial charge in [-0.25, -0.2) is 9.59 Å². The average molecular weight is 296 g/mol. The largest absolute Gasteiger partial charge is 0.480 e. The normalized spacial score (nSPS) is 31.6. The molecule has 0 aromatic carbocycles. The smallest absolute Gasteiger partial charge is 0.329 e. The van der Waals surface area contributed by atoms with Gasteiger partial charge in [0.15, 0.2) is 0 Å². The SMILES string of the molecule is O=C(NC1CCOC1C1CC1)NC1(C(=O)O)CCCCC1. The number of carboxylic acid groups (broad SMARTS) is 1. The third-order valence-electron chi connectivity index (χ3n) is 5.01. The molecule has 3 N–H and O–H groups in total. The van der Waals surface area contributed by atoms with E-state index >= 15 is 0 Å². The molecule has 3 rings (SSSR count). The zero-order valence-electron chi connectivity index (χ0n) is 12.3. The van der Waals surface area contributed by atoms with E-state index in [4.69, 9.17) is 4.74 Å². The van der Waals surface area contributed by atoms with Crippen LogP contribution in [-0.4, -0.2) is 41.4 Å². The third kappa shape index (κ3) is 3.15. The quantitative estimate of drug-likeness (QED) is 0.736. The van der Waals surface area contributed by atoms with Crippen LogP contribution in [0.5, 0.6) is 0 Å². The Hall–Kier alpha value is -1.30. The van der Waals surface area contributed by atoms with Crippen molar-refractivity contribution in [2.75, 3.05) is 6.61 Å². The molecule has 2 unspecified atom stereocenters. The van der Waals surface area contributed by atoms with Crippen LogP contribution in [0.3, 0.4) is 0 Å². The highest BCUT2D eigenvalue weighted by molar-refractivity contribution is 5.86. The molecule has 1 heterocycles. The van der Waals surface area contributed by atoms with E-state index in [2.05, 4.69) is 10.6 Å². The molecule has 2 aliphatic carbocycles. The van der Waals surface area contributed by atoms with Crippen molar-refractivity contribution in [2.45, 2.75) is 69.1 Å². The summed E-state index contributed by atoms with van der Waals surface area (Å²) in [4.78, 5) is 23.8. The van der Waals surface area contributed by atoms with Crippen LogP contribution < -0.4 is 10.6 Å². The van der Waals surface area contributed by atoms with Crippen LogP contribution in [0, 0.1) is 5.92 Å². The Kier molecular flexibility index (Phi) is 4.06. The summed E-state index contributed by atoms with van der Waals surface area (Å²) in [5.41, 5.74) is -1.09. The zero-order valence-corrected chi connectivity index (χ0v) is 12.3. The highest BCUT2D eigenvalue weighted by Gasteiger charge is 2.44. The van der Waals surface area contributed by atoms with E-state index in [-0.39, 0.29) is 18.2 Å². The van der Waals surface area contributed by atoms with Crippen molar-refractivity contribution < 1.29 is 19.4 Å². The van der Waals surface area contributed by atoms with Crippen molar-refractivity contribution in [1.29, 1.82) is 0 Å². The summed E-state index contributed by atoms with van der Waals surface area (Å²) in [7, 11) is 0. The van der Waals surface area contributed by atoms with Crippen molar-refractivity contribution >= 4 is 12.0 Å². The molecule has 2 atom stereocenters. The number of carbonyl (C=O) groups is 2. The van der Waals surface area contributed by atoms with Gasteiger partial charge in [0.2, 0.25) is 0 Å². The van der Waals surface area contributed by atoms with Gasteiger partial charge in [-0.05, 0) is 38.0 Å². The molecular weight excluding hydrogens is 272 g/mol. The van der Waals surface area contributed by atoms with Gasteiger partial charge in [-0.3, -0.25) is 0 Å². The Labute approximate surface area is 124 Å². The number of carboxylic acids is 1. The number of nitrogens with one attached hydrogen (secondary N) is 2. The van der Waals surface area contributed by atoms with Gasteiger partial charge in [0.25, 0.3) is 0 Å². The average Bonchev–Trinajstić information content (AvgIpc) is 3.20. The Morgan fingerprint density at radius 2 is 1.81 bits per heavy atom. The minimum Gasteiger partial charge on any atom is -0.480 e. The molecule has 3 fully saturated rings. The lowest BCUT2D eigenvalue weighted by atomic mass is 9.82. The molecule has 0 bridgehead atoms. The predicted molar refractivity (Wildman–Crippen MR) is 76.0 cm³/mol. The molecule has 0 radical (unpaired) electrons. The van der Waals surface area contributed by atoms with Gasteiger partial charge in [0, 0.05) is 6.61 Å². The first-order valence-electron chi connectivity index (χ1n) is 8.04. The van der Waals surface area contributed by atoms with E-state index in [1.54, 1.807) is 0 Å². The number of rotatable bonds is 4. The second-order valence-corrected chi connectivity index (χ2v) is 6.61. The molecule has 118 valence electrons. The molecule has 2 saturated carbocycles. The van der Waals surface area contributed by atoms with Gasteiger partial charge in [0.1, 0.15) is 5.54 Å². The van der Waals surface area contributed by atoms with Crippen molar-refractivity contribution in [3.63, 3.8) is 0 Å². The van der Waals surface area contributed by atoms with Crippen molar-refractivity contribution in [1.82, 2.24) is 10.6 Å². The molecule has 3 aliphatic rings. The molecular formula is C15H24N2O4. The van der Waals surface area contributed by atoms with Crippen molar-refractivity contribution in [3.05, 3.63) is 0 Å². The number of amides is 2. The first-order valence-corrected chi connectivity index (χ1v) is 8.04. The Morgan fingerprint density at radius 3 is 2.43 bits per heavy atom. The van der Waals surface area contributed by atoms with Crippen LogP contribution in [0.2, 0.25) is 0 Å².